The maximum absolute atomic E-state index is 12.8. The zero-order valence-corrected chi connectivity index (χ0v) is 14.5. The number of amidine groups is 1. The predicted molar refractivity (Wildman–Crippen MR) is 96.1 cm³/mol. The number of hydrogen-bond donors (Lipinski definition) is 2. The molecule has 0 bridgehead atoms. The minimum Gasteiger partial charge on any atom is -0.469 e. The zero-order valence-electron chi connectivity index (χ0n) is 13.7. The molecule has 1 atom stereocenters. The number of nitrogens with two attached hydrogens (primary N) is 1. The van der Waals surface area contributed by atoms with Crippen LogP contribution in [0.25, 0.3) is 0 Å². The van der Waals surface area contributed by atoms with Crippen molar-refractivity contribution in [1.29, 1.82) is 0 Å². The van der Waals surface area contributed by atoms with Crippen molar-refractivity contribution in [3.05, 3.63) is 42.4 Å². The highest BCUT2D eigenvalue weighted by atomic mass is 32.2. The second-order valence-corrected chi connectivity index (χ2v) is 6.43. The number of esters is 1. The Morgan fingerprint density at radius 2 is 2.12 bits per heavy atom. The van der Waals surface area contributed by atoms with Crippen LogP contribution in [-0.2, 0) is 14.3 Å². The number of H-pyrrole nitrogens is 1. The molecule has 1 aliphatic heterocycles. The summed E-state index contributed by atoms with van der Waals surface area (Å²) in [4.78, 5) is 48.2. The Morgan fingerprint density at radius 1 is 1.38 bits per heavy atom. The number of anilines is 1. The van der Waals surface area contributed by atoms with Gasteiger partial charge in [-0.05, 0) is 12.1 Å². The van der Waals surface area contributed by atoms with Crippen molar-refractivity contribution in [2.75, 3.05) is 12.0 Å². The minimum absolute atomic E-state index is 0.0370. The molecule has 26 heavy (non-hydrogen) atoms. The van der Waals surface area contributed by atoms with E-state index >= 15 is 0 Å². The van der Waals surface area contributed by atoms with Crippen molar-refractivity contribution in [2.24, 2.45) is 10.7 Å². The number of hydrogen-bond acceptors (Lipinski definition) is 7. The van der Waals surface area contributed by atoms with Crippen molar-refractivity contribution in [2.45, 2.75) is 11.7 Å². The zero-order chi connectivity index (χ0) is 18.7. The number of carbonyl (C=O) groups excluding carboxylic acids is 3. The van der Waals surface area contributed by atoms with Crippen LogP contribution >= 0.6 is 11.8 Å². The van der Waals surface area contributed by atoms with Gasteiger partial charge in [0.25, 0.3) is 5.91 Å². The van der Waals surface area contributed by atoms with Crippen LogP contribution in [0.3, 0.4) is 0 Å². The quantitative estimate of drug-likeness (QED) is 0.758. The third-order valence-electron chi connectivity index (χ3n) is 3.60. The number of aromatic amines is 1. The highest BCUT2D eigenvalue weighted by Gasteiger charge is 2.40. The summed E-state index contributed by atoms with van der Waals surface area (Å²) in [6, 6.07) is 8.87. The number of nitrogens with one attached hydrogen (secondary N) is 1. The lowest BCUT2D eigenvalue weighted by molar-refractivity contribution is -0.141. The summed E-state index contributed by atoms with van der Waals surface area (Å²) in [6.07, 6.45) is 1.20. The molecule has 0 spiro atoms. The lowest BCUT2D eigenvalue weighted by Crippen LogP contribution is -2.32. The smallest absolute Gasteiger partial charge is 0.307 e. The van der Waals surface area contributed by atoms with Gasteiger partial charge in [0.1, 0.15) is 5.25 Å². The molecule has 1 aromatic carbocycles. The molecule has 3 rings (SSSR count). The van der Waals surface area contributed by atoms with E-state index in [2.05, 4.69) is 19.7 Å². The lowest BCUT2D eigenvalue weighted by atomic mass is 10.2. The van der Waals surface area contributed by atoms with Gasteiger partial charge in [-0.15, -0.1) is 0 Å². The molecule has 2 aromatic rings. The molecule has 2 heterocycles. The van der Waals surface area contributed by atoms with Gasteiger partial charge in [0.05, 0.1) is 25.5 Å². The van der Waals surface area contributed by atoms with Gasteiger partial charge in [-0.1, -0.05) is 30.0 Å². The van der Waals surface area contributed by atoms with Gasteiger partial charge in [-0.3, -0.25) is 19.3 Å². The van der Waals surface area contributed by atoms with Gasteiger partial charge in [0.15, 0.2) is 16.7 Å². The summed E-state index contributed by atoms with van der Waals surface area (Å²) in [5, 5.41) is -0.387. The third kappa shape index (κ3) is 3.45. The molecule has 1 saturated heterocycles. The fourth-order valence-corrected chi connectivity index (χ4v) is 3.49. The SMILES string of the molecule is COC(=O)C[C@@H]1SC(=Nc2nc[nH]c2C(N)=O)N(c2ccccc2)C1=O. The monoisotopic (exact) mass is 373 g/mol. The first-order chi connectivity index (χ1) is 12.5. The molecule has 3 N–H and O–H groups in total. The first-order valence-corrected chi connectivity index (χ1v) is 8.43. The number of thioether (sulfide) groups is 1. The number of methoxy groups -OCH3 is 1. The maximum atomic E-state index is 12.8. The average Bonchev–Trinajstić information content (AvgIpc) is 3.21. The molecular formula is C16H15N5O4S. The summed E-state index contributed by atoms with van der Waals surface area (Å²) >= 11 is 1.10. The van der Waals surface area contributed by atoms with E-state index in [1.165, 1.54) is 18.3 Å². The van der Waals surface area contributed by atoms with Gasteiger partial charge in [0, 0.05) is 0 Å². The number of ether oxygens (including phenoxy) is 1. The molecule has 1 aromatic heterocycles. The Hall–Kier alpha value is -3.14. The predicted octanol–water partition coefficient (Wildman–Crippen LogP) is 1.21. The van der Waals surface area contributed by atoms with Crippen LogP contribution in [0.15, 0.2) is 41.7 Å². The van der Waals surface area contributed by atoms with Gasteiger partial charge >= 0.3 is 5.97 Å². The first-order valence-electron chi connectivity index (χ1n) is 7.55. The molecule has 9 nitrogen and oxygen atoms in total. The second-order valence-electron chi connectivity index (χ2n) is 5.26. The van der Waals surface area contributed by atoms with E-state index in [4.69, 9.17) is 5.73 Å². The van der Waals surface area contributed by atoms with E-state index in [-0.39, 0.29) is 23.8 Å². The molecule has 2 amide bonds. The minimum atomic E-state index is -0.714. The molecule has 0 saturated carbocycles. The van der Waals surface area contributed by atoms with E-state index in [0.29, 0.717) is 10.9 Å². The van der Waals surface area contributed by atoms with Crippen molar-refractivity contribution in [3.8, 4) is 0 Å². The topological polar surface area (TPSA) is 131 Å². The molecule has 1 fully saturated rings. The summed E-state index contributed by atoms with van der Waals surface area (Å²) in [5.41, 5.74) is 5.92. The highest BCUT2D eigenvalue weighted by molar-refractivity contribution is 8.16. The van der Waals surface area contributed by atoms with Crippen LogP contribution in [0.1, 0.15) is 16.9 Å². The Labute approximate surface area is 152 Å². The molecule has 1 aliphatic rings. The number of para-hydroxylation sites is 1. The fraction of sp³-hybridized carbons (Fsp3) is 0.188. The third-order valence-corrected chi connectivity index (χ3v) is 4.73. The molecular weight excluding hydrogens is 358 g/mol. The number of amides is 2. The van der Waals surface area contributed by atoms with Crippen LogP contribution < -0.4 is 10.6 Å². The molecule has 0 radical (unpaired) electrons. The number of aliphatic imine (C=N–C) groups is 1. The number of carbonyl (C=O) groups is 3. The van der Waals surface area contributed by atoms with Crippen LogP contribution in [0.5, 0.6) is 0 Å². The van der Waals surface area contributed by atoms with Crippen molar-refractivity contribution in [3.63, 3.8) is 0 Å². The molecule has 0 aliphatic carbocycles. The Kier molecular flexibility index (Phi) is 5.03. The van der Waals surface area contributed by atoms with E-state index < -0.39 is 17.1 Å². The Morgan fingerprint density at radius 3 is 2.77 bits per heavy atom. The van der Waals surface area contributed by atoms with Crippen molar-refractivity contribution >= 4 is 46.2 Å². The number of aromatic nitrogens is 2. The molecule has 0 unspecified atom stereocenters. The van der Waals surface area contributed by atoms with Crippen LogP contribution in [-0.4, -0.2) is 45.3 Å². The van der Waals surface area contributed by atoms with Gasteiger partial charge in [-0.25, -0.2) is 9.98 Å². The van der Waals surface area contributed by atoms with Gasteiger partial charge in [-0.2, -0.15) is 0 Å². The number of imidazole rings is 1. The summed E-state index contributed by atoms with van der Waals surface area (Å²) in [5.74, 6) is -1.44. The van der Waals surface area contributed by atoms with Crippen LogP contribution in [0.2, 0.25) is 0 Å². The number of primary amides is 1. The largest absolute Gasteiger partial charge is 0.469 e. The Bertz CT molecular complexity index is 880. The van der Waals surface area contributed by atoms with Crippen LogP contribution in [0.4, 0.5) is 11.5 Å². The fourth-order valence-electron chi connectivity index (χ4n) is 2.37. The van der Waals surface area contributed by atoms with E-state index in [9.17, 15) is 14.4 Å². The summed E-state index contributed by atoms with van der Waals surface area (Å²) in [7, 11) is 1.26. The van der Waals surface area contributed by atoms with E-state index in [1.54, 1.807) is 24.3 Å². The van der Waals surface area contributed by atoms with Gasteiger partial charge in [0.2, 0.25) is 5.91 Å². The van der Waals surface area contributed by atoms with Gasteiger partial charge < -0.3 is 15.5 Å². The second kappa shape index (κ2) is 7.40. The Balaban J connectivity index is 2.01. The van der Waals surface area contributed by atoms with Crippen molar-refractivity contribution < 1.29 is 19.1 Å². The maximum Gasteiger partial charge on any atom is 0.307 e. The van der Waals surface area contributed by atoms with Crippen LogP contribution in [0, 0.1) is 0 Å². The summed E-state index contributed by atoms with van der Waals surface area (Å²) < 4.78 is 4.65. The average molecular weight is 373 g/mol. The molecule has 134 valence electrons. The summed E-state index contributed by atoms with van der Waals surface area (Å²) in [6.45, 7) is 0. The first kappa shape index (κ1) is 17.7. The number of rotatable bonds is 5. The van der Waals surface area contributed by atoms with E-state index in [0.717, 1.165) is 11.8 Å². The van der Waals surface area contributed by atoms with E-state index in [1.807, 2.05) is 6.07 Å². The standard InChI is InChI=1S/C16H15N5O4S/c1-25-11(22)7-10-15(24)21(9-5-3-2-4-6-9)16(26-10)20-14-12(13(17)23)18-8-19-14/h2-6,8,10H,7H2,1H3,(H2,17,23)(H,18,19)/t10-/m0/s1. The normalized spacial score (nSPS) is 18.3. The number of nitrogens with zero attached hydrogens (tertiary/aromatic N) is 3. The van der Waals surface area contributed by atoms with Crippen molar-refractivity contribution in [1.82, 2.24) is 9.97 Å². The highest BCUT2D eigenvalue weighted by Crippen LogP contribution is 2.35. The molecule has 10 heteroatoms. The number of benzene rings is 1. The lowest BCUT2D eigenvalue weighted by Gasteiger charge is -2.16.